The molecule has 0 aliphatic carbocycles. The summed E-state index contributed by atoms with van der Waals surface area (Å²) in [6, 6.07) is 17.5. The highest BCUT2D eigenvalue weighted by molar-refractivity contribution is 6.61. The van der Waals surface area contributed by atoms with Gasteiger partial charge in [-0.2, -0.15) is 0 Å². The summed E-state index contributed by atoms with van der Waals surface area (Å²) in [6.45, 7) is 3.17. The molecule has 4 nitrogen and oxygen atoms in total. The Kier molecular flexibility index (Phi) is 8.44. The minimum Gasteiger partial charge on any atom is -0.407 e. The van der Waals surface area contributed by atoms with Gasteiger partial charge in [0.25, 0.3) is 0 Å². The van der Waals surface area contributed by atoms with Gasteiger partial charge in [-0.15, -0.1) is 0 Å². The summed E-state index contributed by atoms with van der Waals surface area (Å²) in [7, 11) is -0.353. The van der Waals surface area contributed by atoms with Crippen molar-refractivity contribution in [3.05, 3.63) is 59.7 Å². The molecule has 0 aromatic heterocycles. The molecule has 0 unspecified atom stereocenters. The quantitative estimate of drug-likeness (QED) is 0.473. The van der Waals surface area contributed by atoms with Crippen LogP contribution < -0.4 is 10.9 Å². The minimum atomic E-state index is -0.176. The molecule has 2 heterocycles. The van der Waals surface area contributed by atoms with Crippen LogP contribution in [0.2, 0.25) is 0 Å². The molecule has 6 heteroatoms. The highest BCUT2D eigenvalue weighted by atomic mass is 16.6. The molecule has 158 valence electrons. The van der Waals surface area contributed by atoms with Gasteiger partial charge in [0, 0.05) is 26.4 Å². The zero-order valence-electron chi connectivity index (χ0n) is 17.9. The second-order valence-electron chi connectivity index (χ2n) is 8.25. The molecule has 0 radical (unpaired) electrons. The highest BCUT2D eigenvalue weighted by Gasteiger charge is 2.24. The molecule has 0 spiro atoms. The molecule has 4 rings (SSSR count). The number of benzene rings is 2. The third-order valence-electron chi connectivity index (χ3n) is 5.84. The Balaban J connectivity index is 1.10. The fraction of sp³-hybridized carbons (Fsp3) is 0.500. The first-order valence-corrected chi connectivity index (χ1v) is 11.5. The third-order valence-corrected chi connectivity index (χ3v) is 5.84. The Labute approximate surface area is 181 Å². The van der Waals surface area contributed by atoms with Gasteiger partial charge >= 0.3 is 14.2 Å². The van der Waals surface area contributed by atoms with Gasteiger partial charge in [-0.3, -0.25) is 0 Å². The van der Waals surface area contributed by atoms with Crippen molar-refractivity contribution in [2.75, 3.05) is 26.4 Å². The van der Waals surface area contributed by atoms with E-state index >= 15 is 0 Å². The molecule has 0 bridgehead atoms. The Morgan fingerprint density at radius 2 is 0.867 bits per heavy atom. The molecule has 2 saturated heterocycles. The second-order valence-corrected chi connectivity index (χ2v) is 8.25. The number of unbranched alkanes of at least 4 members (excludes halogenated alkanes) is 3. The summed E-state index contributed by atoms with van der Waals surface area (Å²) >= 11 is 0. The van der Waals surface area contributed by atoms with Crippen LogP contribution in [0.1, 0.15) is 49.7 Å². The van der Waals surface area contributed by atoms with Crippen molar-refractivity contribution >= 4 is 25.2 Å². The summed E-state index contributed by atoms with van der Waals surface area (Å²) in [5, 5.41) is 0. The Hall–Kier alpha value is -1.59. The first-order chi connectivity index (χ1) is 14.9. The van der Waals surface area contributed by atoms with Crippen LogP contribution >= 0.6 is 0 Å². The fourth-order valence-electron chi connectivity index (χ4n) is 4.06. The number of hydrogen-bond donors (Lipinski definition) is 0. The van der Waals surface area contributed by atoms with E-state index in [4.69, 9.17) is 18.6 Å². The number of rotatable bonds is 9. The van der Waals surface area contributed by atoms with E-state index in [0.717, 1.165) is 63.0 Å². The van der Waals surface area contributed by atoms with Crippen LogP contribution in [0.15, 0.2) is 48.5 Å². The first kappa shape index (κ1) is 21.6. The van der Waals surface area contributed by atoms with Gasteiger partial charge in [0.15, 0.2) is 0 Å². The standard InChI is InChI=1S/C24H32B2O4/c1(3-7-21-9-13-23(14-10-21)25-27-17-5-18-28-25)2-4-8-22-11-15-24(16-12-22)26-29-19-6-20-30-26/h9-16H,1-8,17-20H2. The van der Waals surface area contributed by atoms with Crippen molar-refractivity contribution in [1.29, 1.82) is 0 Å². The monoisotopic (exact) mass is 406 g/mol. The van der Waals surface area contributed by atoms with E-state index in [1.807, 2.05) is 0 Å². The molecule has 0 amide bonds. The molecular weight excluding hydrogens is 374 g/mol. The van der Waals surface area contributed by atoms with E-state index in [0.29, 0.717) is 0 Å². The molecule has 2 aromatic rings. The molecule has 2 aromatic carbocycles. The van der Waals surface area contributed by atoms with Crippen LogP contribution in [0, 0.1) is 0 Å². The van der Waals surface area contributed by atoms with E-state index in [9.17, 15) is 0 Å². The molecule has 0 saturated carbocycles. The number of aryl methyl sites for hydroxylation is 2. The van der Waals surface area contributed by atoms with Crippen LogP contribution in [-0.4, -0.2) is 40.7 Å². The second kappa shape index (κ2) is 11.7. The minimum absolute atomic E-state index is 0.176. The van der Waals surface area contributed by atoms with Crippen molar-refractivity contribution in [3.63, 3.8) is 0 Å². The lowest BCUT2D eigenvalue weighted by Crippen LogP contribution is -2.40. The maximum absolute atomic E-state index is 5.67. The van der Waals surface area contributed by atoms with E-state index in [1.165, 1.54) is 36.8 Å². The van der Waals surface area contributed by atoms with Crippen LogP contribution in [0.25, 0.3) is 0 Å². The zero-order valence-corrected chi connectivity index (χ0v) is 17.9. The van der Waals surface area contributed by atoms with E-state index in [1.54, 1.807) is 0 Å². The van der Waals surface area contributed by atoms with Crippen LogP contribution in [-0.2, 0) is 31.5 Å². The highest BCUT2D eigenvalue weighted by Crippen LogP contribution is 2.12. The summed E-state index contributed by atoms with van der Waals surface area (Å²) in [4.78, 5) is 0. The van der Waals surface area contributed by atoms with Crippen LogP contribution in [0.5, 0.6) is 0 Å². The molecule has 30 heavy (non-hydrogen) atoms. The molecule has 2 aliphatic rings. The van der Waals surface area contributed by atoms with Gasteiger partial charge < -0.3 is 18.6 Å². The largest absolute Gasteiger partial charge is 0.493 e. The zero-order chi connectivity index (χ0) is 20.4. The third kappa shape index (κ3) is 6.45. The summed E-state index contributed by atoms with van der Waals surface area (Å²) in [5.74, 6) is 0. The average Bonchev–Trinajstić information content (AvgIpc) is 2.83. The van der Waals surface area contributed by atoms with Gasteiger partial charge in [-0.1, -0.05) is 61.4 Å². The normalized spacial score (nSPS) is 17.3. The van der Waals surface area contributed by atoms with Crippen molar-refractivity contribution < 1.29 is 18.6 Å². The maximum Gasteiger partial charge on any atom is 0.493 e. The Bertz CT molecular complexity index is 673. The SMILES string of the molecule is c1cc(B2OCCCO2)ccc1CCCCCCc1ccc(B2OCCCO2)cc1. The van der Waals surface area contributed by atoms with Crippen LogP contribution in [0.4, 0.5) is 0 Å². The molecule has 0 atom stereocenters. The van der Waals surface area contributed by atoms with Crippen molar-refractivity contribution in [3.8, 4) is 0 Å². The predicted molar refractivity (Wildman–Crippen MR) is 123 cm³/mol. The molecule has 2 aliphatic heterocycles. The first-order valence-electron chi connectivity index (χ1n) is 11.5. The van der Waals surface area contributed by atoms with Crippen molar-refractivity contribution in [1.82, 2.24) is 0 Å². The average molecular weight is 406 g/mol. The Morgan fingerprint density at radius 1 is 0.500 bits per heavy atom. The summed E-state index contributed by atoms with van der Waals surface area (Å²) in [6.07, 6.45) is 9.30. The molecule has 2 fully saturated rings. The van der Waals surface area contributed by atoms with E-state index < -0.39 is 0 Å². The summed E-state index contributed by atoms with van der Waals surface area (Å²) in [5.41, 5.74) is 5.06. The van der Waals surface area contributed by atoms with Gasteiger partial charge in [0.05, 0.1) is 0 Å². The smallest absolute Gasteiger partial charge is 0.407 e. The lowest BCUT2D eigenvalue weighted by molar-refractivity contribution is 0.143. The molecule has 0 N–H and O–H groups in total. The van der Waals surface area contributed by atoms with Gasteiger partial charge in [0.1, 0.15) is 0 Å². The lowest BCUT2D eigenvalue weighted by atomic mass is 9.77. The van der Waals surface area contributed by atoms with Crippen molar-refractivity contribution in [2.24, 2.45) is 0 Å². The summed E-state index contributed by atoms with van der Waals surface area (Å²) < 4.78 is 22.7. The van der Waals surface area contributed by atoms with Gasteiger partial charge in [0.2, 0.25) is 0 Å². The van der Waals surface area contributed by atoms with Crippen LogP contribution in [0.3, 0.4) is 0 Å². The molecular formula is C24H32B2O4. The van der Waals surface area contributed by atoms with Gasteiger partial charge in [-0.05, 0) is 60.6 Å². The van der Waals surface area contributed by atoms with Gasteiger partial charge in [-0.25, -0.2) is 0 Å². The van der Waals surface area contributed by atoms with E-state index in [-0.39, 0.29) is 14.2 Å². The lowest BCUT2D eigenvalue weighted by Gasteiger charge is -2.20. The Morgan fingerprint density at radius 3 is 1.23 bits per heavy atom. The predicted octanol–water partition coefficient (Wildman–Crippen LogP) is 3.30. The number of hydrogen-bond acceptors (Lipinski definition) is 4. The maximum atomic E-state index is 5.67. The topological polar surface area (TPSA) is 36.9 Å². The fourth-order valence-corrected chi connectivity index (χ4v) is 4.06. The van der Waals surface area contributed by atoms with E-state index in [2.05, 4.69) is 48.5 Å². The van der Waals surface area contributed by atoms with Crippen molar-refractivity contribution in [2.45, 2.75) is 51.4 Å².